The second-order valence-electron chi connectivity index (χ2n) is 5.61. The smallest absolute Gasteiger partial charge is 0.253 e. The van der Waals surface area contributed by atoms with E-state index >= 15 is 0 Å². The highest BCUT2D eigenvalue weighted by molar-refractivity contribution is 5.94. The summed E-state index contributed by atoms with van der Waals surface area (Å²) in [7, 11) is 3.42. The number of nitrogens with two attached hydrogens (primary N) is 1. The maximum atomic E-state index is 12.5. The molecule has 0 aliphatic rings. The van der Waals surface area contributed by atoms with Crippen molar-refractivity contribution in [1.82, 2.24) is 9.88 Å². The maximum absolute atomic E-state index is 12.5. The average molecular weight is 350 g/mol. The van der Waals surface area contributed by atoms with Crippen molar-refractivity contribution in [2.75, 3.05) is 14.2 Å². The number of carbonyl (C=O) groups is 1. The van der Waals surface area contributed by atoms with Crippen LogP contribution in [0.1, 0.15) is 32.7 Å². The molecule has 0 atom stereocenters. The van der Waals surface area contributed by atoms with Crippen molar-refractivity contribution < 1.29 is 9.53 Å². The van der Waals surface area contributed by atoms with Crippen molar-refractivity contribution in [3.63, 3.8) is 0 Å². The zero-order valence-corrected chi connectivity index (χ0v) is 15.3. The molecule has 5 nitrogen and oxygen atoms in total. The second kappa shape index (κ2) is 8.66. The highest BCUT2D eigenvalue weighted by atomic mass is 35.5. The molecule has 0 spiro atoms. The zero-order valence-electron chi connectivity index (χ0n) is 14.5. The molecule has 2 aromatic rings. The molecule has 1 heterocycles. The molecule has 2 rings (SSSR count). The molecule has 1 amide bonds. The normalized spacial score (nSPS) is 10.0. The number of halogens is 1. The number of pyridine rings is 1. The van der Waals surface area contributed by atoms with Gasteiger partial charge in [-0.05, 0) is 31.5 Å². The number of hydrogen-bond acceptors (Lipinski definition) is 4. The molecule has 1 aromatic carbocycles. The van der Waals surface area contributed by atoms with E-state index in [1.807, 2.05) is 26.0 Å². The highest BCUT2D eigenvalue weighted by Gasteiger charge is 2.16. The minimum absolute atomic E-state index is 0. The molecule has 130 valence electrons. The number of ether oxygens (including phenoxy) is 1. The van der Waals surface area contributed by atoms with Crippen LogP contribution in [0.25, 0.3) is 0 Å². The van der Waals surface area contributed by atoms with Gasteiger partial charge in [0.2, 0.25) is 0 Å². The van der Waals surface area contributed by atoms with E-state index in [0.717, 1.165) is 28.1 Å². The molecule has 0 radical (unpaired) electrons. The van der Waals surface area contributed by atoms with Crippen LogP contribution in [0.5, 0.6) is 5.75 Å². The van der Waals surface area contributed by atoms with Gasteiger partial charge in [0.15, 0.2) is 0 Å². The van der Waals surface area contributed by atoms with Crippen LogP contribution in [0.4, 0.5) is 0 Å². The molecule has 0 saturated heterocycles. The van der Waals surface area contributed by atoms with Crippen molar-refractivity contribution in [1.29, 1.82) is 0 Å². The van der Waals surface area contributed by atoms with Gasteiger partial charge in [-0.3, -0.25) is 9.78 Å². The number of rotatable bonds is 5. The summed E-state index contributed by atoms with van der Waals surface area (Å²) < 4.78 is 5.41. The molecule has 1 aromatic heterocycles. The van der Waals surface area contributed by atoms with Crippen LogP contribution in [0.15, 0.2) is 30.5 Å². The number of hydrogen-bond donors (Lipinski definition) is 1. The average Bonchev–Trinajstić information content (AvgIpc) is 2.57. The van der Waals surface area contributed by atoms with E-state index in [9.17, 15) is 4.79 Å². The monoisotopic (exact) mass is 349 g/mol. The van der Waals surface area contributed by atoms with E-state index in [-0.39, 0.29) is 18.3 Å². The Balaban J connectivity index is 0.00000288. The standard InChI is InChI=1S/C18H23N3O2.ClH/c1-12-10-20-16(13(2)17(12)23-4)11-21(3)18(22)15-7-5-14(9-19)6-8-15;/h5-8,10H,9,11,19H2,1-4H3;1H. The SMILES string of the molecule is COc1c(C)cnc(CN(C)C(=O)c2ccc(CN)cc2)c1C.Cl. The molecular formula is C18H24ClN3O2. The van der Waals surface area contributed by atoms with Crippen LogP contribution >= 0.6 is 12.4 Å². The maximum Gasteiger partial charge on any atom is 0.253 e. The Morgan fingerprint density at radius 3 is 2.42 bits per heavy atom. The molecule has 0 saturated carbocycles. The Kier molecular flexibility index (Phi) is 7.19. The topological polar surface area (TPSA) is 68.5 Å². The van der Waals surface area contributed by atoms with Crippen molar-refractivity contribution in [3.05, 3.63) is 58.4 Å². The van der Waals surface area contributed by atoms with Gasteiger partial charge in [-0.25, -0.2) is 0 Å². The van der Waals surface area contributed by atoms with Gasteiger partial charge < -0.3 is 15.4 Å². The quantitative estimate of drug-likeness (QED) is 0.901. The molecule has 0 unspecified atom stereocenters. The number of aromatic nitrogens is 1. The van der Waals surface area contributed by atoms with E-state index < -0.39 is 0 Å². The summed E-state index contributed by atoms with van der Waals surface area (Å²) in [4.78, 5) is 18.6. The lowest BCUT2D eigenvalue weighted by Crippen LogP contribution is -2.27. The summed E-state index contributed by atoms with van der Waals surface area (Å²) in [6.07, 6.45) is 1.77. The lowest BCUT2D eigenvalue weighted by Gasteiger charge is -2.19. The van der Waals surface area contributed by atoms with Crippen LogP contribution in [-0.2, 0) is 13.1 Å². The Bertz CT molecular complexity index is 702. The fourth-order valence-electron chi connectivity index (χ4n) is 2.53. The van der Waals surface area contributed by atoms with Gasteiger partial charge in [0.25, 0.3) is 5.91 Å². The van der Waals surface area contributed by atoms with Crippen LogP contribution in [0.2, 0.25) is 0 Å². The first-order valence-electron chi connectivity index (χ1n) is 7.51. The van der Waals surface area contributed by atoms with Gasteiger partial charge in [-0.2, -0.15) is 0 Å². The summed E-state index contributed by atoms with van der Waals surface area (Å²) in [5.41, 5.74) is 10.0. The van der Waals surface area contributed by atoms with E-state index in [0.29, 0.717) is 18.7 Å². The van der Waals surface area contributed by atoms with Crippen LogP contribution < -0.4 is 10.5 Å². The number of methoxy groups -OCH3 is 1. The first-order valence-corrected chi connectivity index (χ1v) is 7.51. The van der Waals surface area contributed by atoms with Crippen LogP contribution in [0.3, 0.4) is 0 Å². The first kappa shape index (κ1) is 19.9. The van der Waals surface area contributed by atoms with Crippen LogP contribution in [0, 0.1) is 13.8 Å². The van der Waals surface area contributed by atoms with Gasteiger partial charge in [-0.1, -0.05) is 12.1 Å². The number of carbonyl (C=O) groups excluding carboxylic acids is 1. The zero-order chi connectivity index (χ0) is 17.0. The van der Waals surface area contributed by atoms with E-state index in [4.69, 9.17) is 10.5 Å². The van der Waals surface area contributed by atoms with Crippen LogP contribution in [-0.4, -0.2) is 29.9 Å². The Morgan fingerprint density at radius 2 is 1.88 bits per heavy atom. The fourth-order valence-corrected chi connectivity index (χ4v) is 2.53. The predicted octanol–water partition coefficient (Wildman–Crippen LogP) is 2.86. The second-order valence-corrected chi connectivity index (χ2v) is 5.61. The summed E-state index contributed by atoms with van der Waals surface area (Å²) in [5, 5.41) is 0. The fraction of sp³-hybridized carbons (Fsp3) is 0.333. The van der Waals surface area contributed by atoms with Crippen molar-refractivity contribution in [2.45, 2.75) is 26.9 Å². The summed E-state index contributed by atoms with van der Waals surface area (Å²) in [5.74, 6) is 0.775. The Hall–Kier alpha value is -2.11. The number of benzene rings is 1. The largest absolute Gasteiger partial charge is 0.496 e. The minimum Gasteiger partial charge on any atom is -0.496 e. The molecular weight excluding hydrogens is 326 g/mol. The van der Waals surface area contributed by atoms with Gasteiger partial charge >= 0.3 is 0 Å². The van der Waals surface area contributed by atoms with Gasteiger partial charge in [0.1, 0.15) is 5.75 Å². The van der Waals surface area contributed by atoms with E-state index in [2.05, 4.69) is 4.98 Å². The number of aryl methyl sites for hydroxylation is 1. The molecule has 0 fully saturated rings. The molecule has 6 heteroatoms. The Morgan fingerprint density at radius 1 is 1.25 bits per heavy atom. The molecule has 2 N–H and O–H groups in total. The van der Waals surface area contributed by atoms with E-state index in [1.54, 1.807) is 37.4 Å². The number of amides is 1. The third kappa shape index (κ3) is 4.24. The molecule has 0 aliphatic heterocycles. The van der Waals surface area contributed by atoms with Crippen molar-refractivity contribution in [3.8, 4) is 5.75 Å². The summed E-state index contributed by atoms with van der Waals surface area (Å²) in [6, 6.07) is 7.35. The molecule has 24 heavy (non-hydrogen) atoms. The van der Waals surface area contributed by atoms with Gasteiger partial charge in [0, 0.05) is 36.5 Å². The third-order valence-corrected chi connectivity index (χ3v) is 3.92. The Labute approximate surface area is 149 Å². The predicted molar refractivity (Wildman–Crippen MR) is 97.6 cm³/mol. The highest BCUT2D eigenvalue weighted by Crippen LogP contribution is 2.24. The van der Waals surface area contributed by atoms with Gasteiger partial charge in [-0.15, -0.1) is 12.4 Å². The number of nitrogens with zero attached hydrogens (tertiary/aromatic N) is 2. The third-order valence-electron chi connectivity index (χ3n) is 3.92. The van der Waals surface area contributed by atoms with Crippen molar-refractivity contribution >= 4 is 18.3 Å². The lowest BCUT2D eigenvalue weighted by atomic mass is 10.1. The summed E-state index contributed by atoms with van der Waals surface area (Å²) in [6.45, 7) is 4.82. The van der Waals surface area contributed by atoms with E-state index in [1.165, 1.54) is 0 Å². The minimum atomic E-state index is -0.0469. The van der Waals surface area contributed by atoms with Gasteiger partial charge in [0.05, 0.1) is 19.3 Å². The van der Waals surface area contributed by atoms with Crippen molar-refractivity contribution in [2.24, 2.45) is 5.73 Å². The lowest BCUT2D eigenvalue weighted by molar-refractivity contribution is 0.0783. The molecule has 0 aliphatic carbocycles. The first-order chi connectivity index (χ1) is 11.0. The summed E-state index contributed by atoms with van der Waals surface area (Å²) >= 11 is 0. The molecule has 0 bridgehead atoms.